The van der Waals surface area contributed by atoms with E-state index in [-0.39, 0.29) is 11.8 Å². The summed E-state index contributed by atoms with van der Waals surface area (Å²) in [6.45, 7) is 4.15. The number of hydrogen-bond acceptors (Lipinski definition) is 2. The maximum Gasteiger partial charge on any atom is 0.306 e. The first-order chi connectivity index (χ1) is 9.90. The van der Waals surface area contributed by atoms with Crippen molar-refractivity contribution in [1.29, 1.82) is 0 Å². The highest BCUT2D eigenvalue weighted by molar-refractivity contribution is 9.10. The zero-order valence-corrected chi connectivity index (χ0v) is 13.8. The Morgan fingerprint density at radius 3 is 2.76 bits per heavy atom. The van der Waals surface area contributed by atoms with Gasteiger partial charge in [0.05, 0.1) is 5.92 Å². The lowest BCUT2D eigenvalue weighted by atomic mass is 10.1. The summed E-state index contributed by atoms with van der Waals surface area (Å²) in [4.78, 5) is 22.3. The van der Waals surface area contributed by atoms with Crippen LogP contribution in [0.15, 0.2) is 28.7 Å². The fourth-order valence-corrected chi connectivity index (χ4v) is 2.36. The number of nitrogens with one attached hydrogen (secondary N) is 1. The molecule has 0 heterocycles. The fraction of sp³-hybridized carbons (Fsp3) is 0.375. The minimum atomic E-state index is -0.801. The fourth-order valence-electron chi connectivity index (χ4n) is 1.74. The minimum absolute atomic E-state index is 0.176. The van der Waals surface area contributed by atoms with Crippen LogP contribution in [0.1, 0.15) is 30.9 Å². The number of benzene rings is 1. The van der Waals surface area contributed by atoms with Gasteiger partial charge in [-0.2, -0.15) is 0 Å². The second kappa shape index (κ2) is 8.62. The van der Waals surface area contributed by atoms with Crippen molar-refractivity contribution in [3.63, 3.8) is 0 Å². The Morgan fingerprint density at radius 2 is 2.14 bits per heavy atom. The van der Waals surface area contributed by atoms with Crippen LogP contribution in [0.2, 0.25) is 0 Å². The molecule has 0 aliphatic carbocycles. The Bertz CT molecular complexity index is 540. The van der Waals surface area contributed by atoms with Crippen LogP contribution in [0.4, 0.5) is 0 Å². The van der Waals surface area contributed by atoms with Gasteiger partial charge in [0, 0.05) is 17.1 Å². The predicted octanol–water partition coefficient (Wildman–Crippen LogP) is 3.39. The lowest BCUT2D eigenvalue weighted by molar-refractivity contribution is -0.141. The molecule has 0 bridgehead atoms. The first-order valence-corrected chi connectivity index (χ1v) is 7.64. The summed E-state index contributed by atoms with van der Waals surface area (Å²) in [6.07, 6.45) is 4.44. The molecule has 2 N–H and O–H groups in total. The Kier molecular flexibility index (Phi) is 7.15. The highest BCUT2D eigenvalue weighted by Crippen LogP contribution is 2.19. The Labute approximate surface area is 133 Å². The van der Waals surface area contributed by atoms with E-state index in [1.807, 2.05) is 25.1 Å². The summed E-state index contributed by atoms with van der Waals surface area (Å²) in [7, 11) is 0. The van der Waals surface area contributed by atoms with Crippen molar-refractivity contribution in [1.82, 2.24) is 5.32 Å². The van der Waals surface area contributed by atoms with E-state index in [0.29, 0.717) is 19.4 Å². The molecule has 1 aromatic rings. The quantitative estimate of drug-likeness (QED) is 0.583. The van der Waals surface area contributed by atoms with Gasteiger partial charge < -0.3 is 10.4 Å². The normalized spacial score (nSPS) is 12.3. The standard InChI is InChI=1S/C16H20BrNO3/c1-11-5-6-13(14(17)10-11)7-8-15(19)18-9-3-4-12(2)16(20)21/h5-8,10,12H,3-4,9H2,1-2H3,(H,18,19)(H,20,21)/b8-7+. The molecule has 1 atom stereocenters. The molecule has 4 nitrogen and oxygen atoms in total. The van der Waals surface area contributed by atoms with Gasteiger partial charge in [0.15, 0.2) is 0 Å². The van der Waals surface area contributed by atoms with Crippen LogP contribution >= 0.6 is 15.9 Å². The van der Waals surface area contributed by atoms with Crippen LogP contribution in [0.5, 0.6) is 0 Å². The molecule has 0 aliphatic rings. The Hall–Kier alpha value is -1.62. The molecular weight excluding hydrogens is 334 g/mol. The average Bonchev–Trinajstić information content (AvgIpc) is 2.42. The zero-order chi connectivity index (χ0) is 15.8. The van der Waals surface area contributed by atoms with Gasteiger partial charge in [-0.3, -0.25) is 9.59 Å². The van der Waals surface area contributed by atoms with E-state index in [4.69, 9.17) is 5.11 Å². The van der Waals surface area contributed by atoms with E-state index in [2.05, 4.69) is 21.2 Å². The van der Waals surface area contributed by atoms with Gasteiger partial charge in [0.1, 0.15) is 0 Å². The number of rotatable bonds is 7. The number of carboxylic acid groups (broad SMARTS) is 1. The summed E-state index contributed by atoms with van der Waals surface area (Å²) < 4.78 is 0.946. The third-order valence-corrected chi connectivity index (χ3v) is 3.79. The van der Waals surface area contributed by atoms with Gasteiger partial charge in [0.2, 0.25) is 5.91 Å². The SMILES string of the molecule is Cc1ccc(/C=C/C(=O)NCCCC(C)C(=O)O)c(Br)c1. The average molecular weight is 354 g/mol. The van der Waals surface area contributed by atoms with Crippen LogP contribution in [-0.4, -0.2) is 23.5 Å². The van der Waals surface area contributed by atoms with E-state index < -0.39 is 5.97 Å². The molecule has 1 unspecified atom stereocenters. The first kappa shape index (κ1) is 17.4. The zero-order valence-electron chi connectivity index (χ0n) is 12.2. The van der Waals surface area contributed by atoms with Crippen molar-refractivity contribution in [2.45, 2.75) is 26.7 Å². The maximum absolute atomic E-state index is 11.6. The van der Waals surface area contributed by atoms with Crippen molar-refractivity contribution in [2.75, 3.05) is 6.54 Å². The number of hydrogen-bond donors (Lipinski definition) is 2. The van der Waals surface area contributed by atoms with E-state index in [1.54, 1.807) is 13.0 Å². The summed E-state index contributed by atoms with van der Waals surface area (Å²) >= 11 is 3.45. The van der Waals surface area contributed by atoms with Gasteiger partial charge in [-0.25, -0.2) is 0 Å². The van der Waals surface area contributed by atoms with Gasteiger partial charge in [-0.15, -0.1) is 0 Å². The third-order valence-electron chi connectivity index (χ3n) is 3.10. The minimum Gasteiger partial charge on any atom is -0.481 e. The number of amides is 1. The second-order valence-electron chi connectivity index (χ2n) is 5.03. The van der Waals surface area contributed by atoms with Crippen LogP contribution in [-0.2, 0) is 9.59 Å². The number of carbonyl (C=O) groups is 2. The number of carbonyl (C=O) groups excluding carboxylic acids is 1. The molecule has 0 radical (unpaired) electrons. The molecule has 5 heteroatoms. The molecule has 0 saturated carbocycles. The molecule has 0 fully saturated rings. The van der Waals surface area contributed by atoms with Crippen molar-refractivity contribution in [2.24, 2.45) is 5.92 Å². The number of aryl methyl sites for hydroxylation is 1. The van der Waals surface area contributed by atoms with E-state index >= 15 is 0 Å². The molecule has 0 aromatic heterocycles. The van der Waals surface area contributed by atoms with Crippen LogP contribution < -0.4 is 5.32 Å². The van der Waals surface area contributed by atoms with E-state index in [0.717, 1.165) is 15.6 Å². The lowest BCUT2D eigenvalue weighted by Gasteiger charge is -2.06. The number of halogens is 1. The molecule has 1 aromatic carbocycles. The monoisotopic (exact) mass is 353 g/mol. The third kappa shape index (κ3) is 6.58. The largest absolute Gasteiger partial charge is 0.481 e. The van der Waals surface area contributed by atoms with Gasteiger partial charge >= 0.3 is 5.97 Å². The first-order valence-electron chi connectivity index (χ1n) is 6.85. The van der Waals surface area contributed by atoms with Gasteiger partial charge in [0.25, 0.3) is 0 Å². The lowest BCUT2D eigenvalue weighted by Crippen LogP contribution is -2.23. The van der Waals surface area contributed by atoms with Crippen molar-refractivity contribution < 1.29 is 14.7 Å². The van der Waals surface area contributed by atoms with Crippen molar-refractivity contribution in [3.8, 4) is 0 Å². The van der Waals surface area contributed by atoms with Gasteiger partial charge in [-0.05, 0) is 43.0 Å². The summed E-state index contributed by atoms with van der Waals surface area (Å²) in [5.41, 5.74) is 2.09. The van der Waals surface area contributed by atoms with Crippen LogP contribution in [0.3, 0.4) is 0 Å². The molecule has 1 amide bonds. The van der Waals surface area contributed by atoms with Gasteiger partial charge in [-0.1, -0.05) is 35.0 Å². The van der Waals surface area contributed by atoms with Crippen molar-refractivity contribution >= 4 is 33.9 Å². The van der Waals surface area contributed by atoms with Crippen molar-refractivity contribution in [3.05, 3.63) is 39.9 Å². The topological polar surface area (TPSA) is 66.4 Å². The van der Waals surface area contributed by atoms with E-state index in [9.17, 15) is 9.59 Å². The second-order valence-corrected chi connectivity index (χ2v) is 5.89. The Morgan fingerprint density at radius 1 is 1.43 bits per heavy atom. The summed E-state index contributed by atoms with van der Waals surface area (Å²) in [5.74, 6) is -1.35. The molecule has 0 saturated heterocycles. The maximum atomic E-state index is 11.6. The molecule has 21 heavy (non-hydrogen) atoms. The summed E-state index contributed by atoms with van der Waals surface area (Å²) in [5, 5.41) is 11.5. The molecule has 1 rings (SSSR count). The molecule has 0 aliphatic heterocycles. The molecule has 114 valence electrons. The van der Waals surface area contributed by atoms with E-state index in [1.165, 1.54) is 6.08 Å². The summed E-state index contributed by atoms with van der Waals surface area (Å²) in [6, 6.07) is 5.91. The number of aliphatic carboxylic acids is 1. The predicted molar refractivity (Wildman–Crippen MR) is 87.0 cm³/mol. The smallest absolute Gasteiger partial charge is 0.306 e. The molecular formula is C16H20BrNO3. The molecule has 0 spiro atoms. The highest BCUT2D eigenvalue weighted by atomic mass is 79.9. The highest BCUT2D eigenvalue weighted by Gasteiger charge is 2.09. The van der Waals surface area contributed by atoms with Crippen LogP contribution in [0, 0.1) is 12.8 Å². The Balaban J connectivity index is 2.36. The van der Waals surface area contributed by atoms with Crippen LogP contribution in [0.25, 0.3) is 6.08 Å². The number of carboxylic acids is 1.